The Kier molecular flexibility index (Phi) is 4.95. The molecule has 1 atom stereocenters. The molecule has 0 saturated carbocycles. The van der Waals surface area contributed by atoms with E-state index in [-0.39, 0.29) is 11.7 Å². The topological polar surface area (TPSA) is 53.6 Å². The first-order chi connectivity index (χ1) is 10.0. The van der Waals surface area contributed by atoms with Gasteiger partial charge in [-0.25, -0.2) is 13.6 Å². The minimum absolute atomic E-state index is 0.0379. The average Bonchev–Trinajstić information content (AvgIpc) is 2.86. The second-order valence-corrected chi connectivity index (χ2v) is 5.01. The molecule has 1 aliphatic heterocycles. The summed E-state index contributed by atoms with van der Waals surface area (Å²) in [6, 6.07) is 2.49. The van der Waals surface area contributed by atoms with E-state index < -0.39 is 17.7 Å². The normalized spacial score (nSPS) is 17.9. The molecule has 1 saturated heterocycles. The number of alkyl carbamates (subject to hydrolysis) is 1. The first-order valence-corrected chi connectivity index (χ1v) is 6.77. The zero-order valence-corrected chi connectivity index (χ0v) is 12.1. The lowest BCUT2D eigenvalue weighted by atomic mass is 10.1. The highest BCUT2D eigenvalue weighted by Gasteiger charge is 2.28. The second-order valence-electron chi connectivity index (χ2n) is 5.01. The molecule has 1 aromatic carbocycles. The van der Waals surface area contributed by atoms with Crippen LogP contribution in [-0.2, 0) is 11.3 Å². The van der Waals surface area contributed by atoms with E-state index >= 15 is 0 Å². The van der Waals surface area contributed by atoms with Gasteiger partial charge in [0.1, 0.15) is 17.3 Å². The lowest BCUT2D eigenvalue weighted by molar-refractivity contribution is 0.167. The minimum atomic E-state index is -0.584. The van der Waals surface area contributed by atoms with Gasteiger partial charge in [-0.15, -0.1) is 0 Å². The predicted octanol–water partition coefficient (Wildman–Crippen LogP) is 1.62. The first kappa shape index (κ1) is 15.5. The summed E-state index contributed by atoms with van der Waals surface area (Å²) < 4.78 is 32.8. The largest absolute Gasteiger partial charge is 0.453 e. The van der Waals surface area contributed by atoms with Crippen molar-refractivity contribution in [2.45, 2.75) is 19.0 Å². The molecule has 0 spiro atoms. The Morgan fingerprint density at radius 2 is 2.10 bits per heavy atom. The molecule has 0 radical (unpaired) electrons. The van der Waals surface area contributed by atoms with E-state index in [1.807, 2.05) is 0 Å². The van der Waals surface area contributed by atoms with Gasteiger partial charge in [-0.3, -0.25) is 0 Å². The van der Waals surface area contributed by atoms with Gasteiger partial charge in [-0.05, 0) is 31.2 Å². The van der Waals surface area contributed by atoms with Crippen molar-refractivity contribution < 1.29 is 18.3 Å². The number of benzene rings is 1. The fourth-order valence-electron chi connectivity index (χ4n) is 2.53. The summed E-state index contributed by atoms with van der Waals surface area (Å²) in [5, 5.41) is 5.50. The zero-order chi connectivity index (χ0) is 15.4. The fourth-order valence-corrected chi connectivity index (χ4v) is 2.53. The maximum atomic E-state index is 14.1. The third kappa shape index (κ3) is 3.60. The van der Waals surface area contributed by atoms with E-state index in [1.54, 1.807) is 11.9 Å². The van der Waals surface area contributed by atoms with Crippen LogP contribution in [0.25, 0.3) is 0 Å². The number of hydrogen-bond acceptors (Lipinski definition) is 4. The Bertz CT molecular complexity index is 502. The van der Waals surface area contributed by atoms with Crippen molar-refractivity contribution in [1.82, 2.24) is 10.6 Å². The van der Waals surface area contributed by atoms with Crippen molar-refractivity contribution in [3.63, 3.8) is 0 Å². The van der Waals surface area contributed by atoms with Crippen LogP contribution in [0.4, 0.5) is 19.3 Å². The van der Waals surface area contributed by atoms with Gasteiger partial charge in [-0.2, -0.15) is 0 Å². The number of halogens is 2. The number of carbonyl (C=O) groups excluding carboxylic acids is 1. The Hall–Kier alpha value is -1.89. The molecule has 116 valence electrons. The summed E-state index contributed by atoms with van der Waals surface area (Å²) in [5.41, 5.74) is 0.517. The Morgan fingerprint density at radius 3 is 2.67 bits per heavy atom. The lowest BCUT2D eigenvalue weighted by Crippen LogP contribution is -2.37. The van der Waals surface area contributed by atoms with E-state index in [0.29, 0.717) is 31.6 Å². The number of nitrogens with one attached hydrogen (secondary N) is 2. The molecule has 1 unspecified atom stereocenters. The van der Waals surface area contributed by atoms with Crippen molar-refractivity contribution in [1.29, 1.82) is 0 Å². The number of ether oxygens (including phenoxy) is 1. The SMILES string of the molecule is CNCc1cc(F)c(N2CCC(NC(=O)OC)C2)c(F)c1. The van der Waals surface area contributed by atoms with E-state index in [4.69, 9.17) is 0 Å². The van der Waals surface area contributed by atoms with Gasteiger partial charge in [0.2, 0.25) is 0 Å². The quantitative estimate of drug-likeness (QED) is 0.887. The molecule has 5 nitrogen and oxygen atoms in total. The van der Waals surface area contributed by atoms with Gasteiger partial charge in [-0.1, -0.05) is 0 Å². The van der Waals surface area contributed by atoms with Crippen LogP contribution in [0.2, 0.25) is 0 Å². The summed E-state index contributed by atoms with van der Waals surface area (Å²) in [6.45, 7) is 1.24. The maximum absolute atomic E-state index is 14.1. The lowest BCUT2D eigenvalue weighted by Gasteiger charge is -2.21. The van der Waals surface area contributed by atoms with E-state index in [9.17, 15) is 13.6 Å². The molecule has 2 rings (SSSR count). The second kappa shape index (κ2) is 6.71. The van der Waals surface area contributed by atoms with E-state index in [2.05, 4.69) is 15.4 Å². The van der Waals surface area contributed by atoms with Gasteiger partial charge in [0.15, 0.2) is 0 Å². The van der Waals surface area contributed by atoms with Gasteiger partial charge < -0.3 is 20.3 Å². The molecule has 0 bridgehead atoms. The molecule has 0 aromatic heterocycles. The molecule has 1 fully saturated rings. The molecule has 1 aliphatic rings. The van der Waals surface area contributed by atoms with Crippen LogP contribution in [0.1, 0.15) is 12.0 Å². The van der Waals surface area contributed by atoms with Gasteiger partial charge in [0.05, 0.1) is 13.2 Å². The van der Waals surface area contributed by atoms with Crippen molar-refractivity contribution in [3.8, 4) is 0 Å². The Labute approximate surface area is 122 Å². The third-order valence-electron chi connectivity index (χ3n) is 3.47. The van der Waals surface area contributed by atoms with Crippen LogP contribution in [-0.4, -0.2) is 39.4 Å². The number of carbonyl (C=O) groups is 1. The van der Waals surface area contributed by atoms with E-state index in [1.165, 1.54) is 19.2 Å². The number of methoxy groups -OCH3 is 1. The standard InChI is InChI=1S/C14H19F2N3O2/c1-17-7-9-5-11(15)13(12(16)6-9)19-4-3-10(8-19)18-14(20)21-2/h5-6,10,17H,3-4,7-8H2,1-2H3,(H,18,20). The maximum Gasteiger partial charge on any atom is 0.407 e. The van der Waals surface area contributed by atoms with Crippen molar-refractivity contribution in [2.24, 2.45) is 0 Å². The monoisotopic (exact) mass is 299 g/mol. The molecule has 0 aliphatic carbocycles. The van der Waals surface area contributed by atoms with Crippen molar-refractivity contribution >= 4 is 11.8 Å². The van der Waals surface area contributed by atoms with Crippen LogP contribution in [0, 0.1) is 11.6 Å². The fraction of sp³-hybridized carbons (Fsp3) is 0.500. The molecule has 21 heavy (non-hydrogen) atoms. The summed E-state index contributed by atoms with van der Waals surface area (Å²) in [7, 11) is 3.00. The molecule has 1 heterocycles. The minimum Gasteiger partial charge on any atom is -0.453 e. The highest BCUT2D eigenvalue weighted by molar-refractivity contribution is 5.67. The molecule has 1 aromatic rings. The van der Waals surface area contributed by atoms with Gasteiger partial charge >= 0.3 is 6.09 Å². The van der Waals surface area contributed by atoms with Crippen LogP contribution in [0.15, 0.2) is 12.1 Å². The van der Waals surface area contributed by atoms with Crippen LogP contribution in [0.3, 0.4) is 0 Å². The highest BCUT2D eigenvalue weighted by Crippen LogP contribution is 2.28. The molecular weight excluding hydrogens is 280 g/mol. The summed E-state index contributed by atoms with van der Waals surface area (Å²) in [4.78, 5) is 12.8. The number of rotatable bonds is 4. The molecule has 7 heteroatoms. The first-order valence-electron chi connectivity index (χ1n) is 6.77. The molecular formula is C14H19F2N3O2. The zero-order valence-electron chi connectivity index (χ0n) is 12.1. The summed E-state index contributed by atoms with van der Waals surface area (Å²) in [6.07, 6.45) is 0.0823. The Balaban J connectivity index is 2.11. The number of nitrogens with zero attached hydrogens (tertiary/aromatic N) is 1. The average molecular weight is 299 g/mol. The predicted molar refractivity (Wildman–Crippen MR) is 75.3 cm³/mol. The van der Waals surface area contributed by atoms with Gasteiger partial charge in [0, 0.05) is 19.6 Å². The van der Waals surface area contributed by atoms with E-state index in [0.717, 1.165) is 0 Å². The molecule has 1 amide bonds. The van der Waals surface area contributed by atoms with Gasteiger partial charge in [0.25, 0.3) is 0 Å². The summed E-state index contributed by atoms with van der Waals surface area (Å²) >= 11 is 0. The number of amides is 1. The number of anilines is 1. The van der Waals surface area contributed by atoms with Crippen molar-refractivity contribution in [2.75, 3.05) is 32.1 Å². The number of hydrogen-bond donors (Lipinski definition) is 2. The van der Waals surface area contributed by atoms with Crippen molar-refractivity contribution in [3.05, 3.63) is 29.3 Å². The Morgan fingerprint density at radius 1 is 1.43 bits per heavy atom. The van der Waals surface area contributed by atoms with Crippen LogP contribution < -0.4 is 15.5 Å². The highest BCUT2D eigenvalue weighted by atomic mass is 19.1. The molecule has 2 N–H and O–H groups in total. The van der Waals surface area contributed by atoms with Crippen LogP contribution in [0.5, 0.6) is 0 Å². The van der Waals surface area contributed by atoms with Crippen LogP contribution >= 0.6 is 0 Å². The third-order valence-corrected chi connectivity index (χ3v) is 3.47. The smallest absolute Gasteiger partial charge is 0.407 e. The summed E-state index contributed by atoms with van der Waals surface area (Å²) in [5.74, 6) is -1.17.